The van der Waals surface area contributed by atoms with E-state index in [0.717, 1.165) is 12.8 Å². The molecule has 50 heavy (non-hydrogen) atoms. The zero-order valence-electron chi connectivity index (χ0n) is 33.4. The number of hydrogen-bond acceptors (Lipinski definition) is 0. The molecule has 0 saturated carbocycles. The van der Waals surface area contributed by atoms with Crippen LogP contribution in [0.25, 0.3) is 22.3 Å². The molecule has 0 amide bonds. The van der Waals surface area contributed by atoms with Crippen molar-refractivity contribution in [1.82, 2.24) is 0 Å². The van der Waals surface area contributed by atoms with Gasteiger partial charge in [-0.3, -0.25) is 6.08 Å². The Morgan fingerprint density at radius 3 is 1.84 bits per heavy atom. The van der Waals surface area contributed by atoms with Gasteiger partial charge in [0.15, 0.2) is 0 Å². The zero-order valence-corrected chi connectivity index (χ0v) is 37.4. The van der Waals surface area contributed by atoms with Crippen LogP contribution in [-0.2, 0) is 41.5 Å². The van der Waals surface area contributed by atoms with Crippen LogP contribution in [0, 0.1) is 23.8 Å². The molecule has 6 rings (SSSR count). The number of rotatable bonds is 7. The topological polar surface area (TPSA) is 0 Å². The van der Waals surface area contributed by atoms with E-state index in [0.29, 0.717) is 11.3 Å². The maximum Gasteiger partial charge on any atom is -1.00 e. The van der Waals surface area contributed by atoms with Crippen LogP contribution in [0.4, 0.5) is 0 Å². The summed E-state index contributed by atoms with van der Waals surface area (Å²) in [5.74, 6) is 0.573. The van der Waals surface area contributed by atoms with Gasteiger partial charge in [0.2, 0.25) is 0 Å². The Morgan fingerprint density at radius 2 is 1.36 bits per heavy atom. The molecule has 2 aromatic carbocycles. The van der Waals surface area contributed by atoms with Gasteiger partial charge in [0.25, 0.3) is 0 Å². The van der Waals surface area contributed by atoms with Gasteiger partial charge in [0.1, 0.15) is 0 Å². The Bertz CT molecular complexity index is 1520. The molecule has 1 unspecified atom stereocenters. The molecular weight excluding hydrogens is 727 g/mol. The summed E-state index contributed by atoms with van der Waals surface area (Å²) >= 11 is 1.67. The van der Waals surface area contributed by atoms with E-state index in [2.05, 4.69) is 144 Å². The number of allylic oxidation sites excluding steroid dienone is 8. The summed E-state index contributed by atoms with van der Waals surface area (Å²) in [4.78, 5) is 0. The number of benzene rings is 2. The fourth-order valence-corrected chi connectivity index (χ4v) is 8.16. The van der Waals surface area contributed by atoms with Crippen molar-refractivity contribution in [3.8, 4) is 11.1 Å². The fraction of sp³-hybridized carbons (Fsp3) is 0.532. The van der Waals surface area contributed by atoms with Crippen molar-refractivity contribution in [2.45, 2.75) is 152 Å². The largest absolute Gasteiger partial charge is 1.00 e. The maximum atomic E-state index is 3.35. The molecule has 0 radical (unpaired) electrons. The van der Waals surface area contributed by atoms with E-state index >= 15 is 0 Å². The van der Waals surface area contributed by atoms with E-state index in [1.807, 2.05) is 0 Å². The van der Waals surface area contributed by atoms with Gasteiger partial charge in [-0.2, -0.15) is 17.2 Å². The van der Waals surface area contributed by atoms with Crippen LogP contribution in [0.5, 0.6) is 0 Å². The third kappa shape index (κ3) is 10.6. The minimum atomic E-state index is 0. The molecule has 0 saturated heterocycles. The Labute approximate surface area is 335 Å². The summed E-state index contributed by atoms with van der Waals surface area (Å²) in [5.41, 5.74) is 16.7. The monoisotopic (exact) mass is 788 g/mol. The quantitative estimate of drug-likeness (QED) is 0.216. The standard InChI is InChI=1S/C27H29.C11H17.C9H18.2ClH.Zr/c1-16-7-9-26(3,4)24-12-18-11-19-13-25-21(17(2)8-10-27(25,5)6)15-23(19)22(18)14-20(16)24;1-5-9-6-7-10(8-9)11(2,3)4;1-3-5-7-9-8-6-4-2;;;/h7-9,12-15H,10-11H2,1-6H3;7-9H,5H2,1-4H3;3-8H2,1-2H3;2*1H;/q2*-1;;;;+2/p-2. The van der Waals surface area contributed by atoms with Crippen LogP contribution in [0.1, 0.15) is 168 Å². The molecule has 0 heterocycles. The summed E-state index contributed by atoms with van der Waals surface area (Å²) < 4.78 is 1.79. The average Bonchev–Trinajstić information content (AvgIpc) is 3.67. The predicted molar refractivity (Wildman–Crippen MR) is 210 cm³/mol. The number of hydrogen-bond donors (Lipinski definition) is 0. The SMILES string of the molecule is CC1=C[CH-]C(C)(C)c2cc3c(cc21)-c1cc2c(cc1C3)C(C)(C)CC=C2C.CCC1[C-]=CC(C(C)(C)C)=C1.CCCC[C](=[Zr+2])CCCC.[Cl-].[Cl-]. The summed E-state index contributed by atoms with van der Waals surface area (Å²) in [7, 11) is 0. The first-order valence-electron chi connectivity index (χ1n) is 19.0. The predicted octanol–water partition coefficient (Wildman–Crippen LogP) is 7.69. The summed E-state index contributed by atoms with van der Waals surface area (Å²) in [5, 5.41) is 0. The van der Waals surface area contributed by atoms with Crippen LogP contribution < -0.4 is 24.8 Å². The Morgan fingerprint density at radius 1 is 0.820 bits per heavy atom. The molecule has 0 fully saturated rings. The molecule has 0 bridgehead atoms. The fourth-order valence-electron chi connectivity index (χ4n) is 7.29. The Kier molecular flexibility index (Phi) is 16.6. The van der Waals surface area contributed by atoms with Crippen LogP contribution in [0.2, 0.25) is 0 Å². The van der Waals surface area contributed by atoms with Crippen molar-refractivity contribution in [1.29, 1.82) is 0 Å². The third-order valence-electron chi connectivity index (χ3n) is 10.9. The minimum absolute atomic E-state index is 0. The number of fused-ring (bicyclic) bond motifs is 5. The number of halogens is 2. The normalized spacial score (nSPS) is 18.4. The molecule has 0 spiro atoms. The molecule has 1 atom stereocenters. The van der Waals surface area contributed by atoms with Crippen LogP contribution in [-0.4, -0.2) is 3.21 Å². The summed E-state index contributed by atoms with van der Waals surface area (Å²) in [6.07, 6.45) is 26.6. The van der Waals surface area contributed by atoms with Gasteiger partial charge in [-0.05, 0) is 70.2 Å². The van der Waals surface area contributed by atoms with Crippen molar-refractivity contribution < 1.29 is 49.0 Å². The van der Waals surface area contributed by atoms with Crippen molar-refractivity contribution in [2.24, 2.45) is 11.3 Å². The van der Waals surface area contributed by atoms with Gasteiger partial charge in [0.05, 0.1) is 0 Å². The van der Waals surface area contributed by atoms with E-state index in [4.69, 9.17) is 0 Å². The number of unbranched alkanes of at least 4 members (excludes halogenated alkanes) is 2. The van der Waals surface area contributed by atoms with Gasteiger partial charge in [0, 0.05) is 0 Å². The molecular formula is C47H64Cl2Zr-2. The summed E-state index contributed by atoms with van der Waals surface area (Å²) in [6, 6.07) is 9.95. The zero-order chi connectivity index (χ0) is 35.4. The second kappa shape index (κ2) is 18.6. The molecule has 0 aromatic heterocycles. The molecule has 0 nitrogen and oxygen atoms in total. The minimum Gasteiger partial charge on any atom is -1.00 e. The third-order valence-corrected chi connectivity index (χ3v) is 12.1. The van der Waals surface area contributed by atoms with E-state index < -0.39 is 0 Å². The molecule has 0 aliphatic heterocycles. The van der Waals surface area contributed by atoms with Gasteiger partial charge < -0.3 is 24.8 Å². The van der Waals surface area contributed by atoms with Gasteiger partial charge in [-0.15, -0.1) is 12.5 Å². The molecule has 2 aromatic rings. The van der Waals surface area contributed by atoms with Gasteiger partial charge >= 0.3 is 79.8 Å². The second-order valence-electron chi connectivity index (χ2n) is 17.0. The smallest absolute Gasteiger partial charge is 1.00 e. The molecule has 272 valence electrons. The van der Waals surface area contributed by atoms with E-state index in [1.54, 1.807) is 27.4 Å². The van der Waals surface area contributed by atoms with E-state index in [1.165, 1.54) is 106 Å². The summed E-state index contributed by atoms with van der Waals surface area (Å²) in [6.45, 7) is 27.4. The van der Waals surface area contributed by atoms with Crippen molar-refractivity contribution in [3.05, 3.63) is 100 Å². The van der Waals surface area contributed by atoms with Crippen LogP contribution in [0.3, 0.4) is 0 Å². The van der Waals surface area contributed by atoms with Gasteiger partial charge in [-0.25, -0.2) is 18.6 Å². The van der Waals surface area contributed by atoms with Crippen LogP contribution in [0.15, 0.2) is 54.1 Å². The van der Waals surface area contributed by atoms with E-state index in [-0.39, 0.29) is 35.6 Å². The average molecular weight is 791 g/mol. The van der Waals surface area contributed by atoms with Crippen LogP contribution >= 0.6 is 0 Å². The van der Waals surface area contributed by atoms with Crippen molar-refractivity contribution in [3.63, 3.8) is 0 Å². The molecule has 3 heteroatoms. The molecule has 4 aliphatic carbocycles. The Hall–Kier alpha value is -1.40. The first kappa shape index (κ1) is 44.8. The molecule has 4 aliphatic rings. The first-order valence-corrected chi connectivity index (χ1v) is 20.2. The Balaban J connectivity index is 0.000000315. The second-order valence-corrected chi connectivity index (χ2v) is 18.7. The molecule has 0 N–H and O–H groups in total. The van der Waals surface area contributed by atoms with E-state index in [9.17, 15) is 0 Å². The van der Waals surface area contributed by atoms with Crippen molar-refractivity contribution in [2.75, 3.05) is 0 Å². The van der Waals surface area contributed by atoms with Crippen molar-refractivity contribution >= 4 is 14.4 Å². The first-order chi connectivity index (χ1) is 22.5. The van der Waals surface area contributed by atoms with Gasteiger partial charge in [-0.1, -0.05) is 108 Å². The maximum absolute atomic E-state index is 3.35.